The first-order valence-electron chi connectivity index (χ1n) is 3.85. The third-order valence-electron chi connectivity index (χ3n) is 1.44. The van der Waals surface area contributed by atoms with E-state index in [1.807, 2.05) is 0 Å². The fraction of sp³-hybridized carbons (Fsp3) is 0.100. The monoisotopic (exact) mass is 209 g/mol. The minimum absolute atomic E-state index is 0.0218. The van der Waals surface area contributed by atoms with E-state index in [4.69, 9.17) is 22.4 Å². The molecular weight excluding hydrogens is 202 g/mol. The van der Waals surface area contributed by atoms with Gasteiger partial charge < -0.3 is 10.8 Å². The molecule has 3 N–H and O–H groups in total. The summed E-state index contributed by atoms with van der Waals surface area (Å²) < 4.78 is 0. The molecular formula is C10H8ClNO2. The first-order chi connectivity index (χ1) is 6.59. The largest absolute Gasteiger partial charge is 0.508 e. The van der Waals surface area contributed by atoms with Crippen LogP contribution in [0.15, 0.2) is 18.2 Å². The minimum Gasteiger partial charge on any atom is -0.508 e. The van der Waals surface area contributed by atoms with Gasteiger partial charge in [0.2, 0.25) is 5.91 Å². The zero-order chi connectivity index (χ0) is 10.6. The first kappa shape index (κ1) is 10.4. The summed E-state index contributed by atoms with van der Waals surface area (Å²) >= 11 is 5.78. The van der Waals surface area contributed by atoms with Gasteiger partial charge in [-0.15, -0.1) is 0 Å². The van der Waals surface area contributed by atoms with Crippen molar-refractivity contribution in [2.24, 2.45) is 5.73 Å². The van der Waals surface area contributed by atoms with Gasteiger partial charge in [0.1, 0.15) is 5.75 Å². The summed E-state index contributed by atoms with van der Waals surface area (Å²) in [6, 6.07) is 4.42. The van der Waals surface area contributed by atoms with Crippen molar-refractivity contribution in [3.8, 4) is 17.6 Å². The zero-order valence-electron chi connectivity index (χ0n) is 7.25. The molecule has 72 valence electrons. The number of carbonyl (C=O) groups is 1. The normalized spacial score (nSPS) is 8.93. The van der Waals surface area contributed by atoms with Gasteiger partial charge in [0, 0.05) is 5.56 Å². The molecule has 0 aromatic heterocycles. The Morgan fingerprint density at radius 2 is 2.29 bits per heavy atom. The Kier molecular flexibility index (Phi) is 3.38. The summed E-state index contributed by atoms with van der Waals surface area (Å²) in [7, 11) is 0. The summed E-state index contributed by atoms with van der Waals surface area (Å²) in [4.78, 5) is 10.4. The van der Waals surface area contributed by atoms with Crippen molar-refractivity contribution in [3.05, 3.63) is 28.8 Å². The number of phenols is 1. The lowest BCUT2D eigenvalue weighted by Crippen LogP contribution is -2.08. The highest BCUT2D eigenvalue weighted by atomic mass is 35.5. The molecule has 0 heterocycles. The number of benzene rings is 1. The number of carbonyl (C=O) groups excluding carboxylic acids is 1. The molecule has 1 amide bonds. The van der Waals surface area contributed by atoms with Crippen LogP contribution < -0.4 is 5.73 Å². The van der Waals surface area contributed by atoms with Gasteiger partial charge in [-0.25, -0.2) is 0 Å². The molecule has 0 saturated heterocycles. The Labute approximate surface area is 86.5 Å². The molecule has 4 heteroatoms. The predicted molar refractivity (Wildman–Crippen MR) is 53.8 cm³/mol. The number of amides is 1. The first-order valence-corrected chi connectivity index (χ1v) is 4.23. The lowest BCUT2D eigenvalue weighted by molar-refractivity contribution is -0.117. The van der Waals surface area contributed by atoms with Crippen LogP contribution in [0.3, 0.4) is 0 Å². The standard InChI is InChI=1S/C10H8ClNO2/c11-9-5-4-8(13)6-7(9)2-1-3-10(12)14/h4-6,13H,3H2,(H2,12,14). The van der Waals surface area contributed by atoms with E-state index in [-0.39, 0.29) is 12.2 Å². The van der Waals surface area contributed by atoms with Crippen LogP contribution in [-0.2, 0) is 4.79 Å². The number of halogens is 1. The molecule has 1 aromatic carbocycles. The van der Waals surface area contributed by atoms with Crippen LogP contribution in [0.25, 0.3) is 0 Å². The predicted octanol–water partition coefficient (Wildman–Crippen LogP) is 1.27. The maximum Gasteiger partial charge on any atom is 0.229 e. The van der Waals surface area contributed by atoms with Crippen LogP contribution in [0.2, 0.25) is 5.02 Å². The van der Waals surface area contributed by atoms with E-state index in [0.29, 0.717) is 10.6 Å². The molecule has 0 unspecified atom stereocenters. The molecule has 0 saturated carbocycles. The van der Waals surface area contributed by atoms with E-state index < -0.39 is 5.91 Å². The summed E-state index contributed by atoms with van der Waals surface area (Å²) in [5.74, 6) is 4.78. The Morgan fingerprint density at radius 3 is 2.93 bits per heavy atom. The van der Waals surface area contributed by atoms with E-state index in [1.165, 1.54) is 18.2 Å². The number of phenolic OH excluding ortho intramolecular Hbond substituents is 1. The highest BCUT2D eigenvalue weighted by Gasteiger charge is 1.97. The number of hydrogen-bond donors (Lipinski definition) is 2. The summed E-state index contributed by atoms with van der Waals surface area (Å²) in [5.41, 5.74) is 5.38. The van der Waals surface area contributed by atoms with E-state index in [1.54, 1.807) is 0 Å². The molecule has 0 fully saturated rings. The molecule has 0 aliphatic rings. The van der Waals surface area contributed by atoms with Crippen molar-refractivity contribution in [1.82, 2.24) is 0 Å². The number of aromatic hydroxyl groups is 1. The lowest BCUT2D eigenvalue weighted by atomic mass is 10.2. The number of nitrogens with two attached hydrogens (primary N) is 1. The Balaban J connectivity index is 2.88. The van der Waals surface area contributed by atoms with Crippen molar-refractivity contribution >= 4 is 17.5 Å². The van der Waals surface area contributed by atoms with E-state index in [0.717, 1.165) is 0 Å². The number of primary amides is 1. The second-order valence-corrected chi connectivity index (χ2v) is 3.02. The van der Waals surface area contributed by atoms with Crippen LogP contribution in [-0.4, -0.2) is 11.0 Å². The smallest absolute Gasteiger partial charge is 0.229 e. The average molecular weight is 210 g/mol. The summed E-state index contributed by atoms with van der Waals surface area (Å²) in [6.07, 6.45) is -0.0218. The van der Waals surface area contributed by atoms with Gasteiger partial charge in [0.05, 0.1) is 11.4 Å². The third-order valence-corrected chi connectivity index (χ3v) is 1.77. The van der Waals surface area contributed by atoms with Crippen molar-refractivity contribution in [2.45, 2.75) is 6.42 Å². The van der Waals surface area contributed by atoms with Gasteiger partial charge in [-0.2, -0.15) is 0 Å². The van der Waals surface area contributed by atoms with Crippen LogP contribution in [0.1, 0.15) is 12.0 Å². The maximum atomic E-state index is 10.4. The van der Waals surface area contributed by atoms with Gasteiger partial charge in [-0.1, -0.05) is 23.4 Å². The molecule has 0 aliphatic heterocycles. The van der Waals surface area contributed by atoms with Crippen LogP contribution in [0.5, 0.6) is 5.75 Å². The number of hydrogen-bond acceptors (Lipinski definition) is 2. The molecule has 3 nitrogen and oxygen atoms in total. The fourth-order valence-corrected chi connectivity index (χ4v) is 1.00. The topological polar surface area (TPSA) is 63.3 Å². The molecule has 0 bridgehead atoms. The van der Waals surface area contributed by atoms with Crippen molar-refractivity contribution in [1.29, 1.82) is 0 Å². The van der Waals surface area contributed by atoms with Gasteiger partial charge in [0.25, 0.3) is 0 Å². The molecule has 0 atom stereocenters. The highest BCUT2D eigenvalue weighted by Crippen LogP contribution is 2.19. The van der Waals surface area contributed by atoms with Crippen molar-refractivity contribution in [3.63, 3.8) is 0 Å². The van der Waals surface area contributed by atoms with Gasteiger partial charge in [-0.3, -0.25) is 4.79 Å². The molecule has 14 heavy (non-hydrogen) atoms. The molecule has 1 rings (SSSR count). The molecule has 0 radical (unpaired) electrons. The minimum atomic E-state index is -0.492. The highest BCUT2D eigenvalue weighted by molar-refractivity contribution is 6.31. The van der Waals surface area contributed by atoms with Crippen LogP contribution in [0.4, 0.5) is 0 Å². The molecule has 0 aliphatic carbocycles. The average Bonchev–Trinajstić information content (AvgIpc) is 2.10. The molecule has 0 spiro atoms. The Hall–Kier alpha value is -1.66. The second-order valence-electron chi connectivity index (χ2n) is 2.61. The van der Waals surface area contributed by atoms with E-state index in [2.05, 4.69) is 11.8 Å². The fourth-order valence-electron chi connectivity index (χ4n) is 0.836. The Morgan fingerprint density at radius 1 is 1.57 bits per heavy atom. The second kappa shape index (κ2) is 4.54. The maximum absolute atomic E-state index is 10.4. The molecule has 1 aromatic rings. The quantitative estimate of drug-likeness (QED) is 0.685. The van der Waals surface area contributed by atoms with E-state index >= 15 is 0 Å². The van der Waals surface area contributed by atoms with E-state index in [9.17, 15) is 4.79 Å². The van der Waals surface area contributed by atoms with Crippen molar-refractivity contribution in [2.75, 3.05) is 0 Å². The van der Waals surface area contributed by atoms with Crippen molar-refractivity contribution < 1.29 is 9.90 Å². The Bertz CT molecular complexity index is 418. The van der Waals surface area contributed by atoms with Gasteiger partial charge in [0.15, 0.2) is 0 Å². The third kappa shape index (κ3) is 3.00. The van der Waals surface area contributed by atoms with Gasteiger partial charge >= 0.3 is 0 Å². The summed E-state index contributed by atoms with van der Waals surface area (Å²) in [6.45, 7) is 0. The SMILES string of the molecule is NC(=O)CC#Cc1cc(O)ccc1Cl. The number of rotatable bonds is 1. The van der Waals surface area contributed by atoms with Crippen LogP contribution in [0, 0.1) is 11.8 Å². The van der Waals surface area contributed by atoms with Crippen LogP contribution >= 0.6 is 11.6 Å². The zero-order valence-corrected chi connectivity index (χ0v) is 8.01. The lowest BCUT2D eigenvalue weighted by Gasteiger charge is -1.95. The van der Waals surface area contributed by atoms with Gasteiger partial charge in [-0.05, 0) is 18.2 Å². The summed E-state index contributed by atoms with van der Waals surface area (Å²) in [5, 5.41) is 9.56.